The number of anilines is 1. The molecule has 4 nitrogen and oxygen atoms in total. The van der Waals surface area contributed by atoms with E-state index >= 15 is 0 Å². The number of fused-ring (bicyclic) bond motifs is 1. The van der Waals surface area contributed by atoms with Gasteiger partial charge in [0.15, 0.2) is 5.82 Å². The molecule has 0 aliphatic carbocycles. The Kier molecular flexibility index (Phi) is 3.60. The lowest BCUT2D eigenvalue weighted by atomic mass is 10.0. The molecule has 1 aliphatic heterocycles. The first-order valence-corrected chi connectivity index (χ1v) is 7.02. The van der Waals surface area contributed by atoms with Gasteiger partial charge in [-0.2, -0.15) is 5.10 Å². The fourth-order valence-corrected chi connectivity index (χ4v) is 2.95. The van der Waals surface area contributed by atoms with Crippen molar-refractivity contribution in [2.24, 2.45) is 0 Å². The molecule has 1 atom stereocenters. The molecule has 0 amide bonds. The third-order valence-corrected chi connectivity index (χ3v) is 3.89. The highest BCUT2D eigenvalue weighted by Gasteiger charge is 2.24. The molecule has 1 fully saturated rings. The summed E-state index contributed by atoms with van der Waals surface area (Å²) >= 11 is 0. The van der Waals surface area contributed by atoms with Crippen LogP contribution in [0.2, 0.25) is 0 Å². The van der Waals surface area contributed by atoms with Crippen LogP contribution in [-0.4, -0.2) is 36.4 Å². The zero-order chi connectivity index (χ0) is 13.1. The van der Waals surface area contributed by atoms with Crippen molar-refractivity contribution in [3.8, 4) is 0 Å². The van der Waals surface area contributed by atoms with Crippen molar-refractivity contribution in [1.29, 1.82) is 0 Å². The standard InChI is InChI=1S/C15H20N4/c1-16-11-13-7-4-5-9-19(13)15-14-8-3-2-6-12(14)10-17-18-15/h2-3,6,8,10,13,16H,4-5,7,9,11H2,1H3. The maximum absolute atomic E-state index is 4.41. The lowest BCUT2D eigenvalue weighted by molar-refractivity contribution is 0.443. The maximum atomic E-state index is 4.41. The van der Waals surface area contributed by atoms with Crippen molar-refractivity contribution in [2.75, 3.05) is 25.0 Å². The van der Waals surface area contributed by atoms with E-state index < -0.39 is 0 Å². The monoisotopic (exact) mass is 256 g/mol. The fraction of sp³-hybridized carbons (Fsp3) is 0.467. The van der Waals surface area contributed by atoms with Crippen LogP contribution in [0.25, 0.3) is 10.8 Å². The molecule has 0 spiro atoms. The molecule has 1 aromatic carbocycles. The predicted octanol–water partition coefficient (Wildman–Crippen LogP) is 2.21. The Morgan fingerprint density at radius 1 is 1.32 bits per heavy atom. The largest absolute Gasteiger partial charge is 0.350 e. The first-order chi connectivity index (χ1) is 9.40. The number of hydrogen-bond acceptors (Lipinski definition) is 4. The van der Waals surface area contributed by atoms with Gasteiger partial charge in [-0.25, -0.2) is 0 Å². The molecule has 19 heavy (non-hydrogen) atoms. The van der Waals surface area contributed by atoms with E-state index in [0.717, 1.165) is 18.9 Å². The van der Waals surface area contributed by atoms with Gasteiger partial charge in [-0.15, -0.1) is 5.10 Å². The number of rotatable bonds is 3. The number of aromatic nitrogens is 2. The molecule has 0 bridgehead atoms. The van der Waals surface area contributed by atoms with Gasteiger partial charge in [-0.3, -0.25) is 0 Å². The molecular formula is C15H20N4. The summed E-state index contributed by atoms with van der Waals surface area (Å²) in [4.78, 5) is 2.43. The normalized spacial score (nSPS) is 19.8. The molecule has 1 aromatic heterocycles. The average molecular weight is 256 g/mol. The molecule has 4 heteroatoms. The van der Waals surface area contributed by atoms with Crippen LogP contribution in [0.4, 0.5) is 5.82 Å². The zero-order valence-electron chi connectivity index (χ0n) is 11.3. The van der Waals surface area contributed by atoms with Crippen LogP contribution < -0.4 is 10.2 Å². The number of nitrogens with zero attached hydrogens (tertiary/aromatic N) is 3. The van der Waals surface area contributed by atoms with Crippen LogP contribution >= 0.6 is 0 Å². The van der Waals surface area contributed by atoms with Gasteiger partial charge in [0, 0.05) is 29.9 Å². The van der Waals surface area contributed by atoms with Crippen LogP contribution in [0, 0.1) is 0 Å². The van der Waals surface area contributed by atoms with E-state index in [2.05, 4.69) is 44.7 Å². The SMILES string of the molecule is CNCC1CCCCN1c1nncc2ccccc12. The van der Waals surface area contributed by atoms with Crippen molar-refractivity contribution in [3.05, 3.63) is 30.5 Å². The Labute approximate surface area is 113 Å². The summed E-state index contributed by atoms with van der Waals surface area (Å²) in [6.07, 6.45) is 5.62. The van der Waals surface area contributed by atoms with Gasteiger partial charge in [0.2, 0.25) is 0 Å². The number of benzene rings is 1. The number of hydrogen-bond donors (Lipinski definition) is 1. The van der Waals surface area contributed by atoms with Crippen molar-refractivity contribution in [1.82, 2.24) is 15.5 Å². The third-order valence-electron chi connectivity index (χ3n) is 3.89. The summed E-state index contributed by atoms with van der Waals surface area (Å²) in [5.41, 5.74) is 0. The second-order valence-corrected chi connectivity index (χ2v) is 5.16. The van der Waals surface area contributed by atoms with Crippen LogP contribution in [0.5, 0.6) is 0 Å². The summed E-state index contributed by atoms with van der Waals surface area (Å²) in [7, 11) is 2.02. The molecule has 2 heterocycles. The summed E-state index contributed by atoms with van der Waals surface area (Å²) in [5, 5.41) is 14.3. The molecule has 0 radical (unpaired) electrons. The quantitative estimate of drug-likeness (QED) is 0.914. The molecule has 1 aliphatic rings. The lowest BCUT2D eigenvalue weighted by Crippen LogP contribution is -2.45. The highest BCUT2D eigenvalue weighted by Crippen LogP contribution is 2.28. The predicted molar refractivity (Wildman–Crippen MR) is 78.4 cm³/mol. The van der Waals surface area contributed by atoms with E-state index in [4.69, 9.17) is 0 Å². The van der Waals surface area contributed by atoms with E-state index in [-0.39, 0.29) is 0 Å². The van der Waals surface area contributed by atoms with Crippen molar-refractivity contribution in [2.45, 2.75) is 25.3 Å². The summed E-state index contributed by atoms with van der Waals surface area (Å²) in [5.74, 6) is 1.04. The number of likely N-dealkylation sites (N-methyl/N-ethyl adjacent to an activating group) is 1. The molecule has 1 saturated heterocycles. The van der Waals surface area contributed by atoms with Crippen molar-refractivity contribution >= 4 is 16.6 Å². The van der Waals surface area contributed by atoms with E-state index in [9.17, 15) is 0 Å². The van der Waals surface area contributed by atoms with Crippen LogP contribution in [0.3, 0.4) is 0 Å². The van der Waals surface area contributed by atoms with Gasteiger partial charge in [-0.1, -0.05) is 24.3 Å². The van der Waals surface area contributed by atoms with Crippen molar-refractivity contribution in [3.63, 3.8) is 0 Å². The van der Waals surface area contributed by atoms with E-state index in [1.165, 1.54) is 30.0 Å². The van der Waals surface area contributed by atoms with Gasteiger partial charge < -0.3 is 10.2 Å². The number of nitrogens with one attached hydrogen (secondary N) is 1. The minimum atomic E-state index is 0.527. The smallest absolute Gasteiger partial charge is 0.159 e. The Morgan fingerprint density at radius 3 is 3.11 bits per heavy atom. The van der Waals surface area contributed by atoms with Gasteiger partial charge in [0.1, 0.15) is 0 Å². The highest BCUT2D eigenvalue weighted by molar-refractivity contribution is 5.91. The molecule has 3 rings (SSSR count). The minimum absolute atomic E-state index is 0.527. The number of piperidine rings is 1. The fourth-order valence-electron chi connectivity index (χ4n) is 2.95. The zero-order valence-corrected chi connectivity index (χ0v) is 11.3. The average Bonchev–Trinajstić information content (AvgIpc) is 2.48. The van der Waals surface area contributed by atoms with E-state index in [0.29, 0.717) is 6.04 Å². The highest BCUT2D eigenvalue weighted by atomic mass is 15.3. The second-order valence-electron chi connectivity index (χ2n) is 5.16. The van der Waals surface area contributed by atoms with Crippen LogP contribution in [-0.2, 0) is 0 Å². The first kappa shape index (κ1) is 12.4. The van der Waals surface area contributed by atoms with Gasteiger partial charge >= 0.3 is 0 Å². The van der Waals surface area contributed by atoms with Crippen LogP contribution in [0.1, 0.15) is 19.3 Å². The van der Waals surface area contributed by atoms with Gasteiger partial charge in [0.25, 0.3) is 0 Å². The maximum Gasteiger partial charge on any atom is 0.159 e. The minimum Gasteiger partial charge on any atom is -0.350 e. The Balaban J connectivity index is 2.02. The second kappa shape index (κ2) is 5.53. The Hall–Kier alpha value is -1.68. The molecular weight excluding hydrogens is 236 g/mol. The topological polar surface area (TPSA) is 41.0 Å². The molecule has 1 N–H and O–H groups in total. The molecule has 100 valence electrons. The van der Waals surface area contributed by atoms with E-state index in [1.807, 2.05) is 13.2 Å². The molecule has 2 aromatic rings. The Bertz CT molecular complexity index is 547. The molecule has 1 unspecified atom stereocenters. The van der Waals surface area contributed by atoms with Gasteiger partial charge in [-0.05, 0) is 26.3 Å². The van der Waals surface area contributed by atoms with E-state index in [1.54, 1.807) is 0 Å². The summed E-state index contributed by atoms with van der Waals surface area (Å²) in [6, 6.07) is 8.90. The Morgan fingerprint density at radius 2 is 2.21 bits per heavy atom. The van der Waals surface area contributed by atoms with Crippen LogP contribution in [0.15, 0.2) is 30.5 Å². The summed E-state index contributed by atoms with van der Waals surface area (Å²) in [6.45, 7) is 2.08. The van der Waals surface area contributed by atoms with Gasteiger partial charge in [0.05, 0.1) is 6.20 Å². The summed E-state index contributed by atoms with van der Waals surface area (Å²) < 4.78 is 0. The third kappa shape index (κ3) is 2.40. The van der Waals surface area contributed by atoms with Crippen molar-refractivity contribution < 1.29 is 0 Å². The lowest BCUT2D eigenvalue weighted by Gasteiger charge is -2.36. The first-order valence-electron chi connectivity index (χ1n) is 7.02. The molecule has 0 saturated carbocycles.